The van der Waals surface area contributed by atoms with Crippen molar-refractivity contribution in [3.63, 3.8) is 0 Å². The lowest BCUT2D eigenvalue weighted by Crippen LogP contribution is -2.37. The van der Waals surface area contributed by atoms with E-state index in [1.54, 1.807) is 6.92 Å². The van der Waals surface area contributed by atoms with Crippen LogP contribution in [0.1, 0.15) is 47.2 Å². The molecule has 0 unspecified atom stereocenters. The Bertz CT molecular complexity index is 1160. The van der Waals surface area contributed by atoms with Crippen molar-refractivity contribution in [3.05, 3.63) is 100 Å². The highest BCUT2D eigenvalue weighted by atomic mass is 19.1. The van der Waals surface area contributed by atoms with E-state index in [0.29, 0.717) is 30.7 Å². The van der Waals surface area contributed by atoms with Crippen LogP contribution in [0.4, 0.5) is 4.39 Å². The van der Waals surface area contributed by atoms with E-state index in [0.717, 1.165) is 16.7 Å². The van der Waals surface area contributed by atoms with Gasteiger partial charge in [0.2, 0.25) is 0 Å². The molecule has 0 heterocycles. The summed E-state index contributed by atoms with van der Waals surface area (Å²) in [7, 11) is 0. The van der Waals surface area contributed by atoms with Crippen molar-refractivity contribution in [1.29, 1.82) is 5.26 Å². The van der Waals surface area contributed by atoms with Gasteiger partial charge in [-0.3, -0.25) is 4.79 Å². The molecule has 0 aromatic heterocycles. The molecule has 0 bridgehead atoms. The predicted octanol–water partition coefficient (Wildman–Crippen LogP) is 5.36. The summed E-state index contributed by atoms with van der Waals surface area (Å²) >= 11 is 0. The maximum absolute atomic E-state index is 13.8. The van der Waals surface area contributed by atoms with E-state index < -0.39 is 11.8 Å². The maximum Gasteiger partial charge on any atom is 0.307 e. The molecule has 6 heteroatoms. The molecule has 3 aromatic carbocycles. The van der Waals surface area contributed by atoms with E-state index in [9.17, 15) is 14.4 Å². The van der Waals surface area contributed by atoms with E-state index >= 15 is 0 Å². The molecule has 0 radical (unpaired) electrons. The lowest BCUT2D eigenvalue weighted by Gasteiger charge is -2.29. The second-order valence-corrected chi connectivity index (χ2v) is 8.26. The van der Waals surface area contributed by atoms with Gasteiger partial charge >= 0.3 is 5.97 Å². The molecule has 0 amide bonds. The molecule has 2 atom stereocenters. The summed E-state index contributed by atoms with van der Waals surface area (Å²) < 4.78 is 20.1. The van der Waals surface area contributed by atoms with Crippen molar-refractivity contribution >= 4 is 5.97 Å². The summed E-state index contributed by atoms with van der Waals surface area (Å²) in [6, 6.07) is 22.0. The van der Waals surface area contributed by atoms with E-state index in [4.69, 9.17) is 9.84 Å². The quantitative estimate of drug-likeness (QED) is 0.402. The van der Waals surface area contributed by atoms with Gasteiger partial charge in [0.25, 0.3) is 0 Å². The van der Waals surface area contributed by atoms with Crippen LogP contribution in [0.2, 0.25) is 0 Å². The van der Waals surface area contributed by atoms with Gasteiger partial charge in [-0.15, -0.1) is 0 Å². The number of benzene rings is 3. The summed E-state index contributed by atoms with van der Waals surface area (Å²) in [5.41, 5.74) is 3.63. The molecule has 34 heavy (non-hydrogen) atoms. The highest BCUT2D eigenvalue weighted by Gasteiger charge is 2.25. The minimum absolute atomic E-state index is 0.00208. The van der Waals surface area contributed by atoms with Gasteiger partial charge in [0.15, 0.2) is 0 Å². The zero-order chi connectivity index (χ0) is 24.5. The van der Waals surface area contributed by atoms with Crippen molar-refractivity contribution in [2.75, 3.05) is 6.54 Å². The van der Waals surface area contributed by atoms with Gasteiger partial charge in [-0.2, -0.15) is 5.26 Å². The summed E-state index contributed by atoms with van der Waals surface area (Å²) in [6.45, 7) is 4.40. The van der Waals surface area contributed by atoms with Crippen molar-refractivity contribution in [1.82, 2.24) is 5.32 Å². The Kier molecular flexibility index (Phi) is 8.78. The molecule has 3 rings (SSSR count). The topological polar surface area (TPSA) is 82.3 Å². The maximum atomic E-state index is 13.8. The fourth-order valence-corrected chi connectivity index (χ4v) is 4.07. The van der Waals surface area contributed by atoms with E-state index in [-0.39, 0.29) is 24.1 Å². The Morgan fingerprint density at radius 3 is 2.53 bits per heavy atom. The number of hydrogen-bond donors (Lipinski definition) is 2. The Balaban J connectivity index is 1.80. The number of rotatable bonds is 11. The highest BCUT2D eigenvalue weighted by Crippen LogP contribution is 2.30. The number of nitrogens with one attached hydrogen (secondary N) is 1. The third-order valence-corrected chi connectivity index (χ3v) is 5.69. The zero-order valence-corrected chi connectivity index (χ0v) is 19.4. The second kappa shape index (κ2) is 12.0. The first-order valence-electron chi connectivity index (χ1n) is 11.4. The normalized spacial score (nSPS) is 12.5. The van der Waals surface area contributed by atoms with Crippen LogP contribution < -0.4 is 10.1 Å². The number of aryl methyl sites for hydroxylation is 1. The lowest BCUT2D eigenvalue weighted by molar-refractivity contribution is -0.136. The number of nitriles is 1. The van der Waals surface area contributed by atoms with Gasteiger partial charge in [0.05, 0.1) is 18.0 Å². The monoisotopic (exact) mass is 460 g/mol. The van der Waals surface area contributed by atoms with Crippen LogP contribution in [0.3, 0.4) is 0 Å². The molecular weight excluding hydrogens is 431 g/mol. The molecule has 5 nitrogen and oxygen atoms in total. The number of ether oxygens (including phenoxy) is 1. The summed E-state index contributed by atoms with van der Waals surface area (Å²) in [6.07, 6.45) is 1.09. The van der Waals surface area contributed by atoms with Crippen LogP contribution >= 0.6 is 0 Å². The average Bonchev–Trinajstić information content (AvgIpc) is 2.82. The average molecular weight is 461 g/mol. The van der Waals surface area contributed by atoms with Crippen molar-refractivity contribution in [2.45, 2.75) is 45.3 Å². The Labute approximate surface area is 199 Å². The molecule has 0 fully saturated rings. The van der Waals surface area contributed by atoms with Crippen LogP contribution in [0.5, 0.6) is 5.75 Å². The fourth-order valence-electron chi connectivity index (χ4n) is 4.07. The molecule has 0 aliphatic rings. The Morgan fingerprint density at radius 1 is 1.12 bits per heavy atom. The highest BCUT2D eigenvalue weighted by molar-refractivity contribution is 5.70. The first-order valence-corrected chi connectivity index (χ1v) is 11.4. The smallest absolute Gasteiger partial charge is 0.307 e. The standard InChI is InChI=1S/C28H29FN2O3/c1-3-25(34-28-19(2)14-24(29)17-23(28)18-30)27(22-10-5-4-6-11-22)31-13-12-20-8-7-9-21(15-20)16-26(32)33/h4-11,14-15,17,25,27,31H,3,12-13,16H2,1-2H3,(H,32,33)/t25-,27-/m1/s1. The summed E-state index contributed by atoms with van der Waals surface area (Å²) in [5, 5.41) is 22.1. The van der Waals surface area contributed by atoms with Gasteiger partial charge in [-0.05, 0) is 60.7 Å². The van der Waals surface area contributed by atoms with Crippen LogP contribution in [-0.2, 0) is 17.6 Å². The minimum atomic E-state index is -0.852. The Hall–Kier alpha value is -3.69. The zero-order valence-electron chi connectivity index (χ0n) is 19.4. The van der Waals surface area contributed by atoms with Gasteiger partial charge in [0, 0.05) is 0 Å². The molecule has 0 aliphatic carbocycles. The summed E-state index contributed by atoms with van der Waals surface area (Å²) in [5.74, 6) is -0.910. The van der Waals surface area contributed by atoms with Crippen LogP contribution in [-0.4, -0.2) is 23.7 Å². The predicted molar refractivity (Wildman–Crippen MR) is 129 cm³/mol. The molecular formula is C28H29FN2O3. The van der Waals surface area contributed by atoms with Crippen molar-refractivity contribution in [2.24, 2.45) is 0 Å². The van der Waals surface area contributed by atoms with E-state index in [2.05, 4.69) is 5.32 Å². The number of carboxylic acids is 1. The summed E-state index contributed by atoms with van der Waals surface area (Å²) in [4.78, 5) is 11.0. The molecule has 0 spiro atoms. The molecule has 0 saturated carbocycles. The number of nitrogens with zero attached hydrogens (tertiary/aromatic N) is 1. The third-order valence-electron chi connectivity index (χ3n) is 5.69. The Morgan fingerprint density at radius 2 is 1.85 bits per heavy atom. The van der Waals surface area contributed by atoms with Gasteiger partial charge in [-0.1, -0.05) is 61.5 Å². The minimum Gasteiger partial charge on any atom is -0.487 e. The SMILES string of the molecule is CC[C@@H](Oc1c(C)cc(F)cc1C#N)[C@H](NCCc1cccc(CC(=O)O)c1)c1ccccc1. The third kappa shape index (κ3) is 6.66. The van der Waals surface area contributed by atoms with Crippen LogP contribution in [0.15, 0.2) is 66.7 Å². The molecule has 0 saturated heterocycles. The van der Waals surface area contributed by atoms with E-state index in [1.807, 2.05) is 67.6 Å². The number of carbonyl (C=O) groups is 1. The number of carboxylic acid groups (broad SMARTS) is 1. The van der Waals surface area contributed by atoms with Crippen LogP contribution in [0, 0.1) is 24.1 Å². The van der Waals surface area contributed by atoms with Crippen molar-refractivity contribution < 1.29 is 19.0 Å². The largest absolute Gasteiger partial charge is 0.487 e. The first kappa shape index (κ1) is 24.9. The second-order valence-electron chi connectivity index (χ2n) is 8.26. The van der Waals surface area contributed by atoms with Crippen molar-refractivity contribution in [3.8, 4) is 11.8 Å². The van der Waals surface area contributed by atoms with Gasteiger partial charge < -0.3 is 15.2 Å². The fraction of sp³-hybridized carbons (Fsp3) is 0.286. The molecule has 176 valence electrons. The van der Waals surface area contributed by atoms with Gasteiger partial charge in [0.1, 0.15) is 23.7 Å². The molecule has 2 N–H and O–H groups in total. The number of aliphatic carboxylic acids is 1. The van der Waals surface area contributed by atoms with Gasteiger partial charge in [-0.25, -0.2) is 4.39 Å². The lowest BCUT2D eigenvalue weighted by atomic mass is 9.98. The molecule has 0 aliphatic heterocycles. The van der Waals surface area contributed by atoms with E-state index in [1.165, 1.54) is 12.1 Å². The van der Waals surface area contributed by atoms with Crippen LogP contribution in [0.25, 0.3) is 0 Å². The number of halogens is 1. The first-order chi connectivity index (χ1) is 16.4. The molecule has 3 aromatic rings. The number of hydrogen-bond acceptors (Lipinski definition) is 4.